The number of H-pyrrole nitrogens is 1. The minimum atomic E-state index is -1.18. The molecular formula is C33H33N3O8. The first kappa shape index (κ1) is 30.5. The Morgan fingerprint density at radius 3 is 2.05 bits per heavy atom. The molecule has 0 radical (unpaired) electrons. The number of nitrogens with one attached hydrogen (secondary N) is 2. The molecule has 0 aliphatic carbocycles. The van der Waals surface area contributed by atoms with E-state index in [1.54, 1.807) is 7.11 Å². The van der Waals surface area contributed by atoms with Crippen LogP contribution in [0.25, 0.3) is 0 Å². The Morgan fingerprint density at radius 1 is 0.932 bits per heavy atom. The Morgan fingerprint density at radius 2 is 1.52 bits per heavy atom. The summed E-state index contributed by atoms with van der Waals surface area (Å²) in [7, 11) is 1.60. The number of carboxylic acid groups (broad SMARTS) is 1. The Balaban J connectivity index is 1.61. The van der Waals surface area contributed by atoms with Gasteiger partial charge in [0, 0.05) is 31.6 Å². The van der Waals surface area contributed by atoms with Crippen molar-refractivity contribution in [1.29, 1.82) is 0 Å². The monoisotopic (exact) mass is 599 g/mol. The summed E-state index contributed by atoms with van der Waals surface area (Å²) in [4.78, 5) is 51.0. The molecule has 3 N–H and O–H groups in total. The van der Waals surface area contributed by atoms with Gasteiger partial charge in [0.1, 0.15) is 5.75 Å². The summed E-state index contributed by atoms with van der Waals surface area (Å²) in [5, 5.41) is 13.5. The minimum absolute atomic E-state index is 0.0974. The molecule has 1 fully saturated rings. The van der Waals surface area contributed by atoms with Gasteiger partial charge in [0.05, 0.1) is 25.2 Å². The second kappa shape index (κ2) is 13.1. The Bertz CT molecular complexity index is 1660. The summed E-state index contributed by atoms with van der Waals surface area (Å²) in [6, 6.07) is 28.4. The fraction of sp³-hybridized carbons (Fsp3) is 0.273. The lowest BCUT2D eigenvalue weighted by molar-refractivity contribution is -0.155. The number of aromatic nitrogens is 2. The number of hydrogen-bond acceptors (Lipinski definition) is 8. The number of rotatable bonds is 11. The molecule has 1 aliphatic rings. The van der Waals surface area contributed by atoms with E-state index in [-0.39, 0.29) is 6.54 Å². The van der Waals surface area contributed by atoms with E-state index in [0.717, 1.165) is 27.3 Å². The van der Waals surface area contributed by atoms with Gasteiger partial charge in [0.15, 0.2) is 12.3 Å². The number of benzene rings is 3. The van der Waals surface area contributed by atoms with Gasteiger partial charge in [0.25, 0.3) is 5.56 Å². The van der Waals surface area contributed by atoms with Crippen LogP contribution in [0.4, 0.5) is 0 Å². The molecule has 5 rings (SSSR count). The average Bonchev–Trinajstić information content (AvgIpc) is 3.33. The lowest BCUT2D eigenvalue weighted by Gasteiger charge is -2.38. The van der Waals surface area contributed by atoms with Gasteiger partial charge in [-0.1, -0.05) is 72.8 Å². The molecule has 1 aliphatic heterocycles. The highest BCUT2D eigenvalue weighted by molar-refractivity contribution is 5.68. The summed E-state index contributed by atoms with van der Waals surface area (Å²) in [5.74, 6) is -1.94. The van der Waals surface area contributed by atoms with Gasteiger partial charge in [-0.05, 0) is 28.8 Å². The van der Waals surface area contributed by atoms with E-state index in [4.69, 9.17) is 14.2 Å². The van der Waals surface area contributed by atoms with Crippen molar-refractivity contribution in [3.63, 3.8) is 0 Å². The number of hydrogen-bond donors (Lipinski definition) is 3. The van der Waals surface area contributed by atoms with Crippen molar-refractivity contribution in [2.75, 3.05) is 13.7 Å². The standard InChI is InChI=1S/C33H33N3O8/c1-21(37)43-30-26(19-29(39)40)27(44-31(30)36-18-17-28(38)35-32(36)41)20-34-33(22-9-5-3-6-10-22,23-11-7-4-8-12-23)24-13-15-25(42-2)16-14-24/h3-18,26-27,30-31,34H,19-20H2,1-2H3,(H,39,40)(H,35,38,41)/t26-,27-,30-,31-/m1/s1. The first-order valence-corrected chi connectivity index (χ1v) is 14.1. The molecule has 11 heteroatoms. The van der Waals surface area contributed by atoms with E-state index < -0.39 is 59.5 Å². The Hall–Kier alpha value is -5.00. The molecule has 11 nitrogen and oxygen atoms in total. The van der Waals surface area contributed by atoms with Crippen molar-refractivity contribution in [2.24, 2.45) is 5.92 Å². The van der Waals surface area contributed by atoms with Crippen LogP contribution in [0.5, 0.6) is 5.75 Å². The van der Waals surface area contributed by atoms with Gasteiger partial charge < -0.3 is 19.3 Å². The summed E-state index contributed by atoms with van der Waals surface area (Å²) in [6.07, 6.45) is -2.29. The number of carbonyl (C=O) groups excluding carboxylic acids is 1. The number of ether oxygens (including phenoxy) is 3. The summed E-state index contributed by atoms with van der Waals surface area (Å²) in [5.41, 5.74) is 0.388. The molecule has 44 heavy (non-hydrogen) atoms. The Labute approximate surface area is 253 Å². The zero-order valence-electron chi connectivity index (χ0n) is 24.2. The number of aromatic amines is 1. The SMILES string of the molecule is COc1ccc(C(NC[C@H]2O[C@@H](n3ccc(=O)[nH]c3=O)[C@H](OC(C)=O)[C@@H]2CC(=O)O)(c2ccccc2)c2ccccc2)cc1. The van der Waals surface area contributed by atoms with Crippen LogP contribution >= 0.6 is 0 Å². The Kier molecular flexibility index (Phi) is 9.07. The number of nitrogens with zero attached hydrogens (tertiary/aromatic N) is 1. The first-order chi connectivity index (χ1) is 21.2. The van der Waals surface area contributed by atoms with Crippen LogP contribution in [0.15, 0.2) is 107 Å². The largest absolute Gasteiger partial charge is 0.497 e. The van der Waals surface area contributed by atoms with Crippen molar-refractivity contribution in [2.45, 2.75) is 37.3 Å². The van der Waals surface area contributed by atoms with Crippen molar-refractivity contribution in [3.05, 3.63) is 135 Å². The third-order valence-electron chi connectivity index (χ3n) is 7.84. The van der Waals surface area contributed by atoms with Crippen molar-refractivity contribution in [1.82, 2.24) is 14.9 Å². The fourth-order valence-electron chi connectivity index (χ4n) is 5.90. The number of esters is 1. The van der Waals surface area contributed by atoms with E-state index in [9.17, 15) is 24.3 Å². The van der Waals surface area contributed by atoms with Crippen LogP contribution in [0.1, 0.15) is 36.3 Å². The number of methoxy groups -OCH3 is 1. The van der Waals surface area contributed by atoms with Crippen LogP contribution in [0, 0.1) is 5.92 Å². The fourth-order valence-corrected chi connectivity index (χ4v) is 5.90. The molecule has 0 amide bonds. The first-order valence-electron chi connectivity index (χ1n) is 14.1. The molecular weight excluding hydrogens is 566 g/mol. The van der Waals surface area contributed by atoms with E-state index in [1.165, 1.54) is 13.1 Å². The average molecular weight is 600 g/mol. The molecule has 3 aromatic carbocycles. The topological polar surface area (TPSA) is 149 Å². The van der Waals surface area contributed by atoms with Gasteiger partial charge in [0.2, 0.25) is 0 Å². The molecule has 4 atom stereocenters. The van der Waals surface area contributed by atoms with Crippen LogP contribution in [0.2, 0.25) is 0 Å². The van der Waals surface area contributed by atoms with Gasteiger partial charge in [-0.15, -0.1) is 0 Å². The maximum absolute atomic E-state index is 12.8. The second-order valence-electron chi connectivity index (χ2n) is 10.5. The lowest BCUT2D eigenvalue weighted by atomic mass is 9.76. The molecule has 0 bridgehead atoms. The van der Waals surface area contributed by atoms with Crippen LogP contribution in [0.3, 0.4) is 0 Å². The summed E-state index contributed by atoms with van der Waals surface area (Å²) < 4.78 is 18.5. The highest BCUT2D eigenvalue weighted by Crippen LogP contribution is 2.41. The lowest BCUT2D eigenvalue weighted by Crippen LogP contribution is -2.49. The minimum Gasteiger partial charge on any atom is -0.497 e. The van der Waals surface area contributed by atoms with Gasteiger partial charge in [-0.3, -0.25) is 29.3 Å². The van der Waals surface area contributed by atoms with Crippen LogP contribution < -0.4 is 21.3 Å². The highest BCUT2D eigenvalue weighted by Gasteiger charge is 2.50. The predicted octanol–water partition coefficient (Wildman–Crippen LogP) is 3.05. The molecule has 4 aromatic rings. The second-order valence-corrected chi connectivity index (χ2v) is 10.5. The van der Waals surface area contributed by atoms with Crippen molar-refractivity contribution in [3.8, 4) is 5.75 Å². The maximum Gasteiger partial charge on any atom is 0.330 e. The predicted molar refractivity (Wildman–Crippen MR) is 160 cm³/mol. The summed E-state index contributed by atoms with van der Waals surface area (Å²) in [6.45, 7) is 1.30. The van der Waals surface area contributed by atoms with Gasteiger partial charge >= 0.3 is 17.6 Å². The number of carboxylic acids is 1. The zero-order valence-corrected chi connectivity index (χ0v) is 24.2. The molecule has 1 aromatic heterocycles. The van der Waals surface area contributed by atoms with E-state index >= 15 is 0 Å². The van der Waals surface area contributed by atoms with Gasteiger partial charge in [-0.2, -0.15) is 0 Å². The van der Waals surface area contributed by atoms with Crippen molar-refractivity contribution < 1.29 is 28.9 Å². The smallest absolute Gasteiger partial charge is 0.330 e. The molecule has 228 valence electrons. The van der Waals surface area contributed by atoms with E-state index in [2.05, 4.69) is 10.3 Å². The normalized spacial score (nSPS) is 19.8. The maximum atomic E-state index is 12.8. The van der Waals surface area contributed by atoms with Crippen LogP contribution in [-0.2, 0) is 24.6 Å². The molecule has 2 heterocycles. The van der Waals surface area contributed by atoms with E-state index in [1.807, 2.05) is 84.9 Å². The quantitative estimate of drug-likeness (QED) is 0.175. The van der Waals surface area contributed by atoms with Gasteiger partial charge in [-0.25, -0.2) is 4.79 Å². The van der Waals surface area contributed by atoms with E-state index in [0.29, 0.717) is 5.75 Å². The number of carbonyl (C=O) groups is 2. The third-order valence-corrected chi connectivity index (χ3v) is 7.84. The van der Waals surface area contributed by atoms with Crippen LogP contribution in [-0.4, -0.2) is 52.5 Å². The molecule has 0 spiro atoms. The summed E-state index contributed by atoms with van der Waals surface area (Å²) >= 11 is 0. The molecule has 1 saturated heterocycles. The third kappa shape index (κ3) is 6.19. The zero-order chi connectivity index (χ0) is 31.3. The highest BCUT2D eigenvalue weighted by atomic mass is 16.6. The molecule has 0 unspecified atom stereocenters. The van der Waals surface area contributed by atoms with Crippen molar-refractivity contribution >= 4 is 11.9 Å². The number of aliphatic carboxylic acids is 1. The molecule has 0 saturated carbocycles.